The molecule has 0 spiro atoms. The first-order valence-corrected chi connectivity index (χ1v) is 5.94. The monoisotopic (exact) mass is 226 g/mol. The van der Waals surface area contributed by atoms with Gasteiger partial charge in [-0.3, -0.25) is 0 Å². The zero-order valence-corrected chi connectivity index (χ0v) is 10.4. The average molecular weight is 226 g/mol. The molecule has 1 nitrogen and oxygen atoms in total. The molecule has 0 aromatic heterocycles. The summed E-state index contributed by atoms with van der Waals surface area (Å²) in [5.74, 6) is 0. The van der Waals surface area contributed by atoms with Crippen molar-refractivity contribution in [1.82, 2.24) is 0 Å². The van der Waals surface area contributed by atoms with Crippen LogP contribution in [0.25, 0.3) is 0 Å². The molecule has 0 amide bonds. The number of hydrogen-bond acceptors (Lipinski definition) is 1. The van der Waals surface area contributed by atoms with Gasteiger partial charge in [0.2, 0.25) is 0 Å². The summed E-state index contributed by atoms with van der Waals surface area (Å²) in [5.41, 5.74) is 2.10. The molecule has 1 heteroatoms. The quantitative estimate of drug-likeness (QED) is 0.814. The van der Waals surface area contributed by atoms with Crippen molar-refractivity contribution in [2.45, 2.75) is 25.9 Å². The van der Waals surface area contributed by atoms with Gasteiger partial charge >= 0.3 is 0 Å². The van der Waals surface area contributed by atoms with Crippen molar-refractivity contribution in [3.63, 3.8) is 0 Å². The third kappa shape index (κ3) is 2.40. The first-order valence-electron chi connectivity index (χ1n) is 5.94. The molecule has 1 aliphatic rings. The summed E-state index contributed by atoms with van der Waals surface area (Å²) in [6, 6.07) is 9.79. The first-order chi connectivity index (χ1) is 8.12. The molecule has 1 atom stereocenters. The van der Waals surface area contributed by atoms with Gasteiger partial charge in [-0.25, -0.2) is 0 Å². The predicted molar refractivity (Wildman–Crippen MR) is 71.6 cm³/mol. The Bertz CT molecular complexity index is 476. The van der Waals surface area contributed by atoms with E-state index in [0.29, 0.717) is 0 Å². The van der Waals surface area contributed by atoms with Crippen molar-refractivity contribution >= 4 is 0 Å². The molecule has 88 valence electrons. The Labute approximate surface area is 103 Å². The summed E-state index contributed by atoms with van der Waals surface area (Å²) in [4.78, 5) is 0. The van der Waals surface area contributed by atoms with Gasteiger partial charge in [0, 0.05) is 0 Å². The molecule has 17 heavy (non-hydrogen) atoms. The molecule has 1 aliphatic carbocycles. The molecule has 1 unspecified atom stereocenters. The highest BCUT2D eigenvalue weighted by atomic mass is 16.3. The second-order valence-corrected chi connectivity index (χ2v) is 4.57. The summed E-state index contributed by atoms with van der Waals surface area (Å²) < 4.78 is 0. The van der Waals surface area contributed by atoms with Crippen LogP contribution >= 0.6 is 0 Å². The van der Waals surface area contributed by atoms with E-state index in [2.05, 4.69) is 19.1 Å². The molecule has 2 rings (SSSR count). The van der Waals surface area contributed by atoms with E-state index in [1.807, 2.05) is 49.4 Å². The molecular formula is C16H18O. The molecule has 1 N–H and O–H groups in total. The van der Waals surface area contributed by atoms with Crippen LogP contribution in [0.5, 0.6) is 0 Å². The normalized spacial score (nSPS) is 19.0. The Morgan fingerprint density at radius 1 is 1.18 bits per heavy atom. The molecule has 0 saturated carbocycles. The van der Waals surface area contributed by atoms with Crippen LogP contribution in [0.1, 0.15) is 25.8 Å². The summed E-state index contributed by atoms with van der Waals surface area (Å²) in [5, 5.41) is 10.8. The van der Waals surface area contributed by atoms with E-state index in [0.717, 1.165) is 23.1 Å². The zero-order valence-electron chi connectivity index (χ0n) is 10.4. The van der Waals surface area contributed by atoms with Gasteiger partial charge in [0.15, 0.2) is 0 Å². The predicted octanol–water partition coefficient (Wildman–Crippen LogP) is 3.73. The lowest BCUT2D eigenvalue weighted by Gasteiger charge is -2.27. The fourth-order valence-electron chi connectivity index (χ4n) is 2.19. The van der Waals surface area contributed by atoms with Gasteiger partial charge in [0.25, 0.3) is 0 Å². The SMILES string of the molecule is CC1=CCC=CC=C1C(C)(O)c1ccccc1. The van der Waals surface area contributed by atoms with Gasteiger partial charge in [0.1, 0.15) is 5.60 Å². The van der Waals surface area contributed by atoms with E-state index in [-0.39, 0.29) is 0 Å². The Balaban J connectivity index is 2.45. The fraction of sp³-hybridized carbons (Fsp3) is 0.250. The van der Waals surface area contributed by atoms with Crippen LogP contribution in [0, 0.1) is 0 Å². The Morgan fingerprint density at radius 3 is 2.59 bits per heavy atom. The number of rotatable bonds is 2. The van der Waals surface area contributed by atoms with Crippen LogP contribution in [0.3, 0.4) is 0 Å². The number of allylic oxidation sites excluding steroid dienone is 4. The molecular weight excluding hydrogens is 208 g/mol. The first kappa shape index (κ1) is 11.9. The van der Waals surface area contributed by atoms with E-state index in [1.165, 1.54) is 0 Å². The molecule has 0 aliphatic heterocycles. The minimum Gasteiger partial charge on any atom is -0.381 e. The minimum atomic E-state index is -0.934. The van der Waals surface area contributed by atoms with Crippen molar-refractivity contribution in [1.29, 1.82) is 0 Å². The molecule has 0 radical (unpaired) electrons. The fourth-order valence-corrected chi connectivity index (χ4v) is 2.19. The molecule has 0 saturated heterocycles. The van der Waals surface area contributed by atoms with Crippen LogP contribution in [0.15, 0.2) is 65.8 Å². The van der Waals surface area contributed by atoms with Gasteiger partial charge < -0.3 is 5.11 Å². The van der Waals surface area contributed by atoms with Gasteiger partial charge in [-0.2, -0.15) is 0 Å². The van der Waals surface area contributed by atoms with Crippen molar-refractivity contribution in [2.24, 2.45) is 0 Å². The maximum atomic E-state index is 10.8. The topological polar surface area (TPSA) is 20.2 Å². The lowest BCUT2D eigenvalue weighted by molar-refractivity contribution is 0.0999. The molecule has 1 aromatic carbocycles. The maximum absolute atomic E-state index is 10.8. The van der Waals surface area contributed by atoms with Crippen molar-refractivity contribution in [3.05, 3.63) is 71.3 Å². The Hall–Kier alpha value is -1.60. The van der Waals surface area contributed by atoms with E-state index in [1.54, 1.807) is 0 Å². The third-order valence-corrected chi connectivity index (χ3v) is 3.24. The van der Waals surface area contributed by atoms with Crippen LogP contribution in [0.4, 0.5) is 0 Å². The molecule has 0 heterocycles. The number of benzene rings is 1. The third-order valence-electron chi connectivity index (χ3n) is 3.24. The molecule has 0 bridgehead atoms. The van der Waals surface area contributed by atoms with Crippen molar-refractivity contribution in [3.8, 4) is 0 Å². The Morgan fingerprint density at radius 2 is 1.88 bits per heavy atom. The zero-order chi connectivity index (χ0) is 12.3. The highest BCUT2D eigenvalue weighted by Crippen LogP contribution is 2.34. The lowest BCUT2D eigenvalue weighted by Crippen LogP contribution is -2.24. The van der Waals surface area contributed by atoms with Crippen molar-refractivity contribution < 1.29 is 5.11 Å². The van der Waals surface area contributed by atoms with Gasteiger partial charge in [-0.1, -0.05) is 54.6 Å². The van der Waals surface area contributed by atoms with Crippen LogP contribution in [-0.2, 0) is 5.60 Å². The van der Waals surface area contributed by atoms with Gasteiger partial charge in [-0.15, -0.1) is 0 Å². The Kier molecular flexibility index (Phi) is 3.30. The molecule has 1 aromatic rings. The summed E-state index contributed by atoms with van der Waals surface area (Å²) in [7, 11) is 0. The lowest BCUT2D eigenvalue weighted by atomic mass is 9.84. The van der Waals surface area contributed by atoms with Gasteiger partial charge in [0.05, 0.1) is 0 Å². The standard InChI is InChI=1S/C16H18O/c1-13-9-5-3-8-12-15(13)16(2,17)14-10-6-4-7-11-14/h3-4,6-12,17H,5H2,1-2H3. The number of hydrogen-bond donors (Lipinski definition) is 1. The van der Waals surface area contributed by atoms with Gasteiger partial charge in [-0.05, 0) is 37.0 Å². The molecule has 0 fully saturated rings. The highest BCUT2D eigenvalue weighted by Gasteiger charge is 2.28. The minimum absolute atomic E-state index is 0.925. The van der Waals surface area contributed by atoms with Crippen LogP contribution < -0.4 is 0 Å². The average Bonchev–Trinajstić information content (AvgIpc) is 2.55. The second-order valence-electron chi connectivity index (χ2n) is 4.57. The van der Waals surface area contributed by atoms with Crippen molar-refractivity contribution in [2.75, 3.05) is 0 Å². The summed E-state index contributed by atoms with van der Waals surface area (Å²) >= 11 is 0. The summed E-state index contributed by atoms with van der Waals surface area (Å²) in [6.45, 7) is 3.90. The number of aliphatic hydroxyl groups is 1. The second kappa shape index (κ2) is 4.72. The maximum Gasteiger partial charge on any atom is 0.112 e. The van der Waals surface area contributed by atoms with Crippen LogP contribution in [-0.4, -0.2) is 5.11 Å². The van der Waals surface area contributed by atoms with E-state index in [9.17, 15) is 5.11 Å². The largest absolute Gasteiger partial charge is 0.381 e. The smallest absolute Gasteiger partial charge is 0.112 e. The summed E-state index contributed by atoms with van der Waals surface area (Å²) in [6.07, 6.45) is 9.19. The van der Waals surface area contributed by atoms with E-state index < -0.39 is 5.60 Å². The van der Waals surface area contributed by atoms with E-state index in [4.69, 9.17) is 0 Å². The highest BCUT2D eigenvalue weighted by molar-refractivity contribution is 5.45. The van der Waals surface area contributed by atoms with Crippen LogP contribution in [0.2, 0.25) is 0 Å². The van der Waals surface area contributed by atoms with E-state index >= 15 is 0 Å².